The molecule has 0 saturated carbocycles. The predicted octanol–water partition coefficient (Wildman–Crippen LogP) is 3.41. The number of hydrogen-bond donors (Lipinski definition) is 1. The van der Waals surface area contributed by atoms with Gasteiger partial charge in [0.1, 0.15) is 5.75 Å². The topological polar surface area (TPSA) is 42.1 Å². The third-order valence-corrected chi connectivity index (χ3v) is 2.82. The summed E-state index contributed by atoms with van der Waals surface area (Å²) in [5.74, 6) is 0.537. The molecular weight excluding hydrogens is 282 g/mol. The number of H-pyrrole nitrogens is 1. The standard InChI is InChI=1S/C13H12BrNO2/c1-2-17-12-6-5-9(14)8-10(12)13(16)11-4-3-7-15-11/h3-8,15H,2H2,1H3. The van der Waals surface area contributed by atoms with E-state index in [2.05, 4.69) is 20.9 Å². The van der Waals surface area contributed by atoms with E-state index in [4.69, 9.17) is 4.74 Å². The van der Waals surface area contributed by atoms with Gasteiger partial charge in [0, 0.05) is 10.7 Å². The number of rotatable bonds is 4. The van der Waals surface area contributed by atoms with Gasteiger partial charge in [-0.05, 0) is 37.3 Å². The summed E-state index contributed by atoms with van der Waals surface area (Å²) >= 11 is 3.36. The zero-order valence-corrected chi connectivity index (χ0v) is 11.0. The van der Waals surface area contributed by atoms with Gasteiger partial charge < -0.3 is 9.72 Å². The van der Waals surface area contributed by atoms with Gasteiger partial charge >= 0.3 is 0 Å². The van der Waals surface area contributed by atoms with Gasteiger partial charge in [-0.25, -0.2) is 0 Å². The molecule has 0 unspecified atom stereocenters. The molecule has 88 valence electrons. The van der Waals surface area contributed by atoms with Crippen molar-refractivity contribution in [1.29, 1.82) is 0 Å². The summed E-state index contributed by atoms with van der Waals surface area (Å²) in [5.41, 5.74) is 1.12. The van der Waals surface area contributed by atoms with E-state index in [1.54, 1.807) is 30.5 Å². The Kier molecular flexibility index (Phi) is 3.64. The Balaban J connectivity index is 2.42. The molecule has 0 fully saturated rings. The molecule has 1 aromatic heterocycles. The minimum absolute atomic E-state index is 0.0697. The molecule has 3 nitrogen and oxygen atoms in total. The first kappa shape index (κ1) is 11.9. The third-order valence-electron chi connectivity index (χ3n) is 2.33. The molecule has 1 N–H and O–H groups in total. The lowest BCUT2D eigenvalue weighted by Crippen LogP contribution is -2.05. The molecule has 4 heteroatoms. The van der Waals surface area contributed by atoms with Gasteiger partial charge in [-0.1, -0.05) is 15.9 Å². The Morgan fingerprint density at radius 2 is 2.24 bits per heavy atom. The van der Waals surface area contributed by atoms with Crippen LogP contribution in [0.25, 0.3) is 0 Å². The first-order valence-corrected chi connectivity index (χ1v) is 6.12. The summed E-state index contributed by atoms with van der Waals surface area (Å²) in [5, 5.41) is 0. The lowest BCUT2D eigenvalue weighted by atomic mass is 10.1. The molecule has 2 aromatic rings. The predicted molar refractivity (Wildman–Crippen MR) is 69.5 cm³/mol. The van der Waals surface area contributed by atoms with E-state index in [9.17, 15) is 4.79 Å². The van der Waals surface area contributed by atoms with Crippen LogP contribution in [0.5, 0.6) is 5.75 Å². The van der Waals surface area contributed by atoms with Gasteiger partial charge in [0.25, 0.3) is 0 Å². The number of aromatic nitrogens is 1. The highest BCUT2D eigenvalue weighted by Crippen LogP contribution is 2.25. The van der Waals surface area contributed by atoms with E-state index in [1.807, 2.05) is 13.0 Å². The number of carbonyl (C=O) groups excluding carboxylic acids is 1. The number of ether oxygens (including phenoxy) is 1. The summed E-state index contributed by atoms with van der Waals surface area (Å²) in [6.45, 7) is 2.43. The van der Waals surface area contributed by atoms with E-state index >= 15 is 0 Å². The van der Waals surface area contributed by atoms with Crippen LogP contribution in [0.1, 0.15) is 23.0 Å². The van der Waals surface area contributed by atoms with Crippen molar-refractivity contribution in [2.24, 2.45) is 0 Å². The molecule has 0 aliphatic carbocycles. The largest absolute Gasteiger partial charge is 0.493 e. The number of halogens is 1. The number of benzene rings is 1. The molecule has 0 bridgehead atoms. The summed E-state index contributed by atoms with van der Waals surface area (Å²) in [6, 6.07) is 8.97. The lowest BCUT2D eigenvalue weighted by molar-refractivity contribution is 0.103. The Labute approximate surface area is 108 Å². The molecule has 0 aliphatic rings. The number of nitrogens with one attached hydrogen (secondary N) is 1. The normalized spacial score (nSPS) is 10.2. The highest BCUT2D eigenvalue weighted by atomic mass is 79.9. The average Bonchev–Trinajstić information content (AvgIpc) is 2.84. The molecule has 0 aliphatic heterocycles. The minimum atomic E-state index is -0.0697. The van der Waals surface area contributed by atoms with Crippen LogP contribution in [-0.2, 0) is 0 Å². The van der Waals surface area contributed by atoms with Crippen molar-refractivity contribution < 1.29 is 9.53 Å². The van der Waals surface area contributed by atoms with Crippen LogP contribution in [0, 0.1) is 0 Å². The van der Waals surface area contributed by atoms with Gasteiger partial charge in [0.15, 0.2) is 0 Å². The average molecular weight is 294 g/mol. The van der Waals surface area contributed by atoms with Gasteiger partial charge in [0.2, 0.25) is 5.78 Å². The first-order valence-electron chi connectivity index (χ1n) is 5.33. The second kappa shape index (κ2) is 5.19. The van der Waals surface area contributed by atoms with Crippen molar-refractivity contribution in [3.63, 3.8) is 0 Å². The van der Waals surface area contributed by atoms with Gasteiger partial charge in [0.05, 0.1) is 17.9 Å². The maximum atomic E-state index is 12.2. The van der Waals surface area contributed by atoms with Crippen LogP contribution in [0.2, 0.25) is 0 Å². The molecular formula is C13H12BrNO2. The molecule has 0 atom stereocenters. The van der Waals surface area contributed by atoms with Gasteiger partial charge in [-0.3, -0.25) is 4.79 Å². The van der Waals surface area contributed by atoms with Crippen molar-refractivity contribution in [2.75, 3.05) is 6.61 Å². The quantitative estimate of drug-likeness (QED) is 0.878. The molecule has 2 rings (SSSR count). The highest BCUT2D eigenvalue weighted by molar-refractivity contribution is 9.10. The summed E-state index contributed by atoms with van der Waals surface area (Å²) in [4.78, 5) is 15.1. The van der Waals surface area contributed by atoms with E-state index in [-0.39, 0.29) is 5.78 Å². The van der Waals surface area contributed by atoms with Gasteiger partial charge in [-0.15, -0.1) is 0 Å². The zero-order chi connectivity index (χ0) is 12.3. The SMILES string of the molecule is CCOc1ccc(Br)cc1C(=O)c1ccc[nH]1. The smallest absolute Gasteiger partial charge is 0.212 e. The molecule has 0 spiro atoms. The Morgan fingerprint density at radius 1 is 1.41 bits per heavy atom. The maximum Gasteiger partial charge on any atom is 0.212 e. The van der Waals surface area contributed by atoms with Crippen molar-refractivity contribution in [1.82, 2.24) is 4.98 Å². The first-order chi connectivity index (χ1) is 8.22. The number of ketones is 1. The fourth-order valence-corrected chi connectivity index (χ4v) is 1.94. The van der Waals surface area contributed by atoms with Crippen LogP contribution >= 0.6 is 15.9 Å². The van der Waals surface area contributed by atoms with Crippen LogP contribution in [0.3, 0.4) is 0 Å². The number of hydrogen-bond acceptors (Lipinski definition) is 2. The molecule has 17 heavy (non-hydrogen) atoms. The van der Waals surface area contributed by atoms with Crippen LogP contribution < -0.4 is 4.74 Å². The molecule has 1 heterocycles. The van der Waals surface area contributed by atoms with E-state index in [1.165, 1.54) is 0 Å². The van der Waals surface area contributed by atoms with Gasteiger partial charge in [-0.2, -0.15) is 0 Å². The summed E-state index contributed by atoms with van der Waals surface area (Å²) in [7, 11) is 0. The van der Waals surface area contributed by atoms with Crippen LogP contribution in [0.15, 0.2) is 41.0 Å². The van der Waals surface area contributed by atoms with E-state index in [0.29, 0.717) is 23.6 Å². The van der Waals surface area contributed by atoms with Crippen molar-refractivity contribution >= 4 is 21.7 Å². The Bertz CT molecular complexity index is 520. The van der Waals surface area contributed by atoms with Crippen molar-refractivity contribution in [3.05, 3.63) is 52.3 Å². The monoisotopic (exact) mass is 293 g/mol. The van der Waals surface area contributed by atoms with Crippen LogP contribution in [0.4, 0.5) is 0 Å². The van der Waals surface area contributed by atoms with Crippen molar-refractivity contribution in [3.8, 4) is 5.75 Å². The zero-order valence-electron chi connectivity index (χ0n) is 9.37. The Hall–Kier alpha value is -1.55. The summed E-state index contributed by atoms with van der Waals surface area (Å²) in [6.07, 6.45) is 1.73. The molecule has 0 saturated heterocycles. The minimum Gasteiger partial charge on any atom is -0.493 e. The van der Waals surface area contributed by atoms with E-state index in [0.717, 1.165) is 4.47 Å². The number of aromatic amines is 1. The van der Waals surface area contributed by atoms with Crippen molar-refractivity contribution in [2.45, 2.75) is 6.92 Å². The van der Waals surface area contributed by atoms with E-state index < -0.39 is 0 Å². The third kappa shape index (κ3) is 2.58. The van der Waals surface area contributed by atoms with Crippen LogP contribution in [-0.4, -0.2) is 17.4 Å². The fraction of sp³-hybridized carbons (Fsp3) is 0.154. The second-order valence-electron chi connectivity index (χ2n) is 3.49. The lowest BCUT2D eigenvalue weighted by Gasteiger charge is -2.09. The molecule has 0 radical (unpaired) electrons. The number of carbonyl (C=O) groups is 1. The second-order valence-corrected chi connectivity index (χ2v) is 4.40. The maximum absolute atomic E-state index is 12.2. The molecule has 0 amide bonds. The molecule has 1 aromatic carbocycles. The summed E-state index contributed by atoms with van der Waals surface area (Å²) < 4.78 is 6.31. The Morgan fingerprint density at radius 3 is 2.88 bits per heavy atom. The fourth-order valence-electron chi connectivity index (χ4n) is 1.58. The highest BCUT2D eigenvalue weighted by Gasteiger charge is 2.15.